The van der Waals surface area contributed by atoms with Crippen LogP contribution in [0.15, 0.2) is 48.5 Å². The lowest BCUT2D eigenvalue weighted by Gasteiger charge is -2.13. The fraction of sp³-hybridized carbons (Fsp3) is 0.286. The zero-order valence-electron chi connectivity index (χ0n) is 15.1. The molecule has 1 aliphatic rings. The van der Waals surface area contributed by atoms with Crippen LogP contribution in [-0.2, 0) is 6.42 Å². The summed E-state index contributed by atoms with van der Waals surface area (Å²) in [5.74, 6) is -0.901. The highest BCUT2D eigenvalue weighted by molar-refractivity contribution is 6.22. The third-order valence-electron chi connectivity index (χ3n) is 4.62. The highest BCUT2D eigenvalue weighted by Gasteiger charge is 2.35. The van der Waals surface area contributed by atoms with Gasteiger partial charge in [0.1, 0.15) is 0 Å². The SMILES string of the molecule is NCCCCNC(=O)c1ccc2c(c1)C(=O)N(CCc1ccccc1)C2=O. The smallest absolute Gasteiger partial charge is 0.261 e. The monoisotopic (exact) mass is 365 g/mol. The minimum Gasteiger partial charge on any atom is -0.352 e. The molecule has 3 N–H and O–H groups in total. The van der Waals surface area contributed by atoms with Crippen molar-refractivity contribution < 1.29 is 14.4 Å². The molecule has 0 fully saturated rings. The molecule has 0 saturated heterocycles. The van der Waals surface area contributed by atoms with Crippen molar-refractivity contribution in [2.45, 2.75) is 19.3 Å². The quantitative estimate of drug-likeness (QED) is 0.553. The average Bonchev–Trinajstić information content (AvgIpc) is 2.94. The largest absolute Gasteiger partial charge is 0.352 e. The number of amides is 3. The van der Waals surface area contributed by atoms with Crippen molar-refractivity contribution in [1.82, 2.24) is 10.2 Å². The first-order chi connectivity index (χ1) is 13.1. The molecule has 0 aliphatic carbocycles. The number of nitrogens with zero attached hydrogens (tertiary/aromatic N) is 1. The molecule has 2 aromatic rings. The fourth-order valence-corrected chi connectivity index (χ4v) is 3.09. The molecule has 2 aromatic carbocycles. The normalized spacial score (nSPS) is 13.0. The van der Waals surface area contributed by atoms with Gasteiger partial charge in [-0.05, 0) is 49.6 Å². The number of nitrogens with one attached hydrogen (secondary N) is 1. The summed E-state index contributed by atoms with van der Waals surface area (Å²) in [5.41, 5.74) is 7.53. The predicted octanol–water partition coefficient (Wildman–Crippen LogP) is 1.99. The van der Waals surface area contributed by atoms with Gasteiger partial charge in [0, 0.05) is 18.7 Å². The molecule has 1 aliphatic heterocycles. The second kappa shape index (κ2) is 8.60. The molecule has 6 nitrogen and oxygen atoms in total. The second-order valence-corrected chi connectivity index (χ2v) is 6.51. The van der Waals surface area contributed by atoms with Crippen LogP contribution in [0.4, 0.5) is 0 Å². The lowest BCUT2D eigenvalue weighted by atomic mass is 10.1. The zero-order valence-corrected chi connectivity index (χ0v) is 15.1. The standard InChI is InChI=1S/C21H23N3O3/c22-11-4-5-12-23-19(25)16-8-9-17-18(14-16)21(27)24(20(17)26)13-10-15-6-2-1-3-7-15/h1-3,6-9,14H,4-5,10-13,22H2,(H,23,25). The van der Waals surface area contributed by atoms with E-state index in [2.05, 4.69) is 5.32 Å². The Morgan fingerprint density at radius 1 is 0.963 bits per heavy atom. The van der Waals surface area contributed by atoms with E-state index in [9.17, 15) is 14.4 Å². The van der Waals surface area contributed by atoms with E-state index in [1.54, 1.807) is 12.1 Å². The Hall–Kier alpha value is -2.99. The van der Waals surface area contributed by atoms with E-state index in [-0.39, 0.29) is 17.7 Å². The molecule has 27 heavy (non-hydrogen) atoms. The first-order valence-corrected chi connectivity index (χ1v) is 9.14. The molecular weight excluding hydrogens is 342 g/mol. The number of hydrogen-bond donors (Lipinski definition) is 2. The third-order valence-corrected chi connectivity index (χ3v) is 4.62. The third kappa shape index (κ3) is 4.23. The summed E-state index contributed by atoms with van der Waals surface area (Å²) in [5, 5.41) is 2.80. The Bertz CT molecular complexity index is 849. The van der Waals surface area contributed by atoms with Gasteiger partial charge in [0.05, 0.1) is 11.1 Å². The summed E-state index contributed by atoms with van der Waals surface area (Å²) >= 11 is 0. The predicted molar refractivity (Wildman–Crippen MR) is 103 cm³/mol. The average molecular weight is 365 g/mol. The van der Waals surface area contributed by atoms with Crippen LogP contribution in [0.25, 0.3) is 0 Å². The molecular formula is C21H23N3O3. The first kappa shape index (κ1) is 18.8. The van der Waals surface area contributed by atoms with Gasteiger partial charge in [-0.15, -0.1) is 0 Å². The molecule has 0 saturated carbocycles. The van der Waals surface area contributed by atoms with Crippen molar-refractivity contribution in [2.75, 3.05) is 19.6 Å². The molecule has 0 atom stereocenters. The summed E-state index contributed by atoms with van der Waals surface area (Å²) in [6.45, 7) is 1.43. The highest BCUT2D eigenvalue weighted by atomic mass is 16.2. The molecule has 3 amide bonds. The number of nitrogens with two attached hydrogens (primary N) is 1. The van der Waals surface area contributed by atoms with Crippen molar-refractivity contribution in [3.05, 3.63) is 70.8 Å². The van der Waals surface area contributed by atoms with E-state index < -0.39 is 0 Å². The van der Waals surface area contributed by atoms with Gasteiger partial charge < -0.3 is 11.1 Å². The van der Waals surface area contributed by atoms with Crippen LogP contribution in [0.3, 0.4) is 0 Å². The zero-order chi connectivity index (χ0) is 19.2. The highest BCUT2D eigenvalue weighted by Crippen LogP contribution is 2.24. The summed E-state index contributed by atoms with van der Waals surface area (Å²) < 4.78 is 0. The molecule has 3 rings (SSSR count). The molecule has 0 aromatic heterocycles. The number of fused-ring (bicyclic) bond motifs is 1. The maximum atomic E-state index is 12.7. The van der Waals surface area contributed by atoms with Crippen molar-refractivity contribution in [3.63, 3.8) is 0 Å². The fourth-order valence-electron chi connectivity index (χ4n) is 3.09. The number of unbranched alkanes of at least 4 members (excludes halogenated alkanes) is 1. The van der Waals surface area contributed by atoms with E-state index in [1.165, 1.54) is 11.0 Å². The van der Waals surface area contributed by atoms with E-state index in [1.807, 2.05) is 30.3 Å². The molecule has 0 radical (unpaired) electrons. The van der Waals surface area contributed by atoms with E-state index in [0.29, 0.717) is 42.7 Å². The summed E-state index contributed by atoms with van der Waals surface area (Å²) in [7, 11) is 0. The second-order valence-electron chi connectivity index (χ2n) is 6.51. The van der Waals surface area contributed by atoms with Crippen LogP contribution in [-0.4, -0.2) is 42.3 Å². The van der Waals surface area contributed by atoms with Crippen molar-refractivity contribution >= 4 is 17.7 Å². The van der Waals surface area contributed by atoms with Crippen LogP contribution in [0, 0.1) is 0 Å². The maximum absolute atomic E-state index is 12.7. The van der Waals surface area contributed by atoms with Crippen molar-refractivity contribution in [1.29, 1.82) is 0 Å². The van der Waals surface area contributed by atoms with E-state index in [0.717, 1.165) is 18.4 Å². The van der Waals surface area contributed by atoms with Gasteiger partial charge in [-0.25, -0.2) is 0 Å². The summed E-state index contributed by atoms with van der Waals surface area (Å²) in [6.07, 6.45) is 2.24. The Kier molecular flexibility index (Phi) is 5.98. The molecule has 0 bridgehead atoms. The number of rotatable bonds is 8. The molecule has 1 heterocycles. The summed E-state index contributed by atoms with van der Waals surface area (Å²) in [4.78, 5) is 38.7. The Morgan fingerprint density at radius 2 is 1.70 bits per heavy atom. The molecule has 0 unspecified atom stereocenters. The first-order valence-electron chi connectivity index (χ1n) is 9.14. The van der Waals surface area contributed by atoms with Crippen LogP contribution in [0.5, 0.6) is 0 Å². The van der Waals surface area contributed by atoms with Gasteiger partial charge in [-0.2, -0.15) is 0 Å². The Morgan fingerprint density at radius 3 is 2.44 bits per heavy atom. The number of carbonyl (C=O) groups is 3. The van der Waals surface area contributed by atoms with Crippen LogP contribution in [0.2, 0.25) is 0 Å². The minimum absolute atomic E-state index is 0.252. The van der Waals surface area contributed by atoms with Gasteiger partial charge in [0.25, 0.3) is 17.7 Å². The minimum atomic E-state index is -0.344. The van der Waals surface area contributed by atoms with Gasteiger partial charge in [-0.3, -0.25) is 19.3 Å². The van der Waals surface area contributed by atoms with Crippen molar-refractivity contribution in [2.24, 2.45) is 5.73 Å². The van der Waals surface area contributed by atoms with Crippen LogP contribution in [0.1, 0.15) is 49.5 Å². The number of imide groups is 1. The number of hydrogen-bond acceptors (Lipinski definition) is 4. The van der Waals surface area contributed by atoms with Gasteiger partial charge in [0.2, 0.25) is 0 Å². The van der Waals surface area contributed by atoms with Crippen molar-refractivity contribution in [3.8, 4) is 0 Å². The molecule has 6 heteroatoms. The number of carbonyl (C=O) groups excluding carboxylic acids is 3. The van der Waals surface area contributed by atoms with E-state index in [4.69, 9.17) is 5.73 Å². The lowest BCUT2D eigenvalue weighted by molar-refractivity contribution is 0.0656. The maximum Gasteiger partial charge on any atom is 0.261 e. The topological polar surface area (TPSA) is 92.5 Å². The van der Waals surface area contributed by atoms with Gasteiger partial charge in [0.15, 0.2) is 0 Å². The summed E-state index contributed by atoms with van der Waals surface area (Å²) in [6, 6.07) is 14.4. The van der Waals surface area contributed by atoms with Crippen LogP contribution < -0.4 is 11.1 Å². The molecule has 0 spiro atoms. The lowest BCUT2D eigenvalue weighted by Crippen LogP contribution is -2.31. The molecule has 140 valence electrons. The van der Waals surface area contributed by atoms with Crippen LogP contribution >= 0.6 is 0 Å². The van der Waals surface area contributed by atoms with E-state index >= 15 is 0 Å². The number of benzene rings is 2. The van der Waals surface area contributed by atoms with Gasteiger partial charge >= 0.3 is 0 Å². The Balaban J connectivity index is 1.67. The van der Waals surface area contributed by atoms with Gasteiger partial charge in [-0.1, -0.05) is 30.3 Å². The Labute approximate surface area is 158 Å².